The summed E-state index contributed by atoms with van der Waals surface area (Å²) in [5.41, 5.74) is 2.04. The monoisotopic (exact) mass is 291 g/mol. The van der Waals surface area contributed by atoms with E-state index in [-0.39, 0.29) is 11.9 Å². The molecule has 0 heterocycles. The molecule has 21 heavy (non-hydrogen) atoms. The number of aliphatic carboxylic acids is 1. The molecule has 0 aromatic heterocycles. The molecule has 0 aliphatic rings. The van der Waals surface area contributed by atoms with Gasteiger partial charge in [0.25, 0.3) is 5.91 Å². The average Bonchev–Trinajstić information content (AvgIpc) is 2.44. The van der Waals surface area contributed by atoms with Crippen LogP contribution in [0, 0.1) is 6.92 Å². The fourth-order valence-corrected chi connectivity index (χ4v) is 1.97. The summed E-state index contributed by atoms with van der Waals surface area (Å²) < 4.78 is 5.06. The van der Waals surface area contributed by atoms with Gasteiger partial charge in [-0.1, -0.05) is 12.1 Å². The lowest BCUT2D eigenvalue weighted by Crippen LogP contribution is -2.38. The third kappa shape index (κ3) is 4.43. The summed E-state index contributed by atoms with van der Waals surface area (Å²) in [4.78, 5) is 24.7. The molecule has 1 aromatic rings. The molecule has 0 saturated carbocycles. The molecule has 0 aliphatic heterocycles. The molecule has 1 aromatic carbocycles. The Morgan fingerprint density at radius 3 is 2.67 bits per heavy atom. The molecule has 0 fully saturated rings. The van der Waals surface area contributed by atoms with Crippen molar-refractivity contribution in [2.24, 2.45) is 0 Å². The Balaban J connectivity index is 3.05. The van der Waals surface area contributed by atoms with Crippen molar-refractivity contribution in [3.05, 3.63) is 41.0 Å². The molecule has 5 heteroatoms. The highest BCUT2D eigenvalue weighted by molar-refractivity contribution is 5.97. The summed E-state index contributed by atoms with van der Waals surface area (Å²) in [5.74, 6) is -1.13. The molecule has 114 valence electrons. The van der Waals surface area contributed by atoms with E-state index in [2.05, 4.69) is 0 Å². The Bertz CT molecular complexity index is 551. The number of carboxylic acids is 1. The normalized spacial score (nSPS) is 12.4. The van der Waals surface area contributed by atoms with Crippen LogP contribution in [0.2, 0.25) is 0 Å². The van der Waals surface area contributed by atoms with E-state index in [9.17, 15) is 9.59 Å². The number of methoxy groups -OCH3 is 1. The van der Waals surface area contributed by atoms with Gasteiger partial charge in [-0.2, -0.15) is 0 Å². The van der Waals surface area contributed by atoms with Crippen molar-refractivity contribution >= 4 is 18.0 Å². The Hall–Kier alpha value is -2.14. The third-order valence-electron chi connectivity index (χ3n) is 3.40. The maximum absolute atomic E-state index is 12.5. The van der Waals surface area contributed by atoms with Crippen LogP contribution in [0.5, 0.6) is 0 Å². The fourth-order valence-electron chi connectivity index (χ4n) is 1.97. The second kappa shape index (κ2) is 7.59. The number of carboxylic acid groups (broad SMARTS) is 1. The van der Waals surface area contributed by atoms with Crippen LogP contribution in [0.3, 0.4) is 0 Å². The summed E-state index contributed by atoms with van der Waals surface area (Å²) >= 11 is 0. The number of hydrogen-bond donors (Lipinski definition) is 1. The molecule has 0 bridgehead atoms. The van der Waals surface area contributed by atoms with Crippen molar-refractivity contribution in [1.29, 1.82) is 0 Å². The summed E-state index contributed by atoms with van der Waals surface area (Å²) in [6.45, 7) is 4.17. The van der Waals surface area contributed by atoms with E-state index < -0.39 is 5.97 Å². The van der Waals surface area contributed by atoms with Gasteiger partial charge in [-0.3, -0.25) is 4.79 Å². The topological polar surface area (TPSA) is 66.8 Å². The Labute approximate surface area is 124 Å². The molecule has 5 nitrogen and oxygen atoms in total. The molecule has 1 atom stereocenters. The number of nitrogens with zero attached hydrogens (tertiary/aromatic N) is 1. The first-order valence-electron chi connectivity index (χ1n) is 6.65. The molecular formula is C16H21NO4. The molecule has 1 unspecified atom stereocenters. The number of benzene rings is 1. The Kier molecular flexibility index (Phi) is 6.11. The maximum atomic E-state index is 12.5. The zero-order chi connectivity index (χ0) is 16.0. The molecule has 0 aliphatic carbocycles. The van der Waals surface area contributed by atoms with Crippen molar-refractivity contribution in [2.45, 2.75) is 19.9 Å². The van der Waals surface area contributed by atoms with Gasteiger partial charge in [0.05, 0.1) is 12.6 Å². The number of hydrogen-bond acceptors (Lipinski definition) is 3. The van der Waals surface area contributed by atoms with E-state index in [1.165, 1.54) is 6.08 Å². The van der Waals surface area contributed by atoms with Gasteiger partial charge >= 0.3 is 5.97 Å². The highest BCUT2D eigenvalue weighted by Gasteiger charge is 2.19. The highest BCUT2D eigenvalue weighted by atomic mass is 16.5. The van der Waals surface area contributed by atoms with Crippen LogP contribution < -0.4 is 0 Å². The molecule has 1 rings (SSSR count). The van der Waals surface area contributed by atoms with E-state index in [0.717, 1.165) is 17.2 Å². The molecule has 0 radical (unpaired) electrons. The lowest BCUT2D eigenvalue weighted by molar-refractivity contribution is -0.131. The van der Waals surface area contributed by atoms with Crippen molar-refractivity contribution in [3.8, 4) is 0 Å². The van der Waals surface area contributed by atoms with Crippen molar-refractivity contribution in [3.63, 3.8) is 0 Å². The second-order valence-corrected chi connectivity index (χ2v) is 4.91. The van der Waals surface area contributed by atoms with Crippen LogP contribution >= 0.6 is 0 Å². The van der Waals surface area contributed by atoms with E-state index in [1.54, 1.807) is 37.3 Å². The molecule has 0 saturated heterocycles. The lowest BCUT2D eigenvalue weighted by atomic mass is 10.0. The van der Waals surface area contributed by atoms with Crippen LogP contribution in [-0.2, 0) is 9.53 Å². The van der Waals surface area contributed by atoms with Crippen LogP contribution in [-0.4, -0.2) is 48.7 Å². The van der Waals surface area contributed by atoms with Crippen LogP contribution in [0.4, 0.5) is 0 Å². The van der Waals surface area contributed by atoms with E-state index in [1.807, 2.05) is 13.8 Å². The van der Waals surface area contributed by atoms with Gasteiger partial charge in [0.15, 0.2) is 0 Å². The van der Waals surface area contributed by atoms with Crippen LogP contribution in [0.25, 0.3) is 6.08 Å². The largest absolute Gasteiger partial charge is 0.478 e. The summed E-state index contributed by atoms with van der Waals surface area (Å²) in [7, 11) is 3.32. The van der Waals surface area contributed by atoms with Crippen LogP contribution in [0.15, 0.2) is 24.3 Å². The minimum Gasteiger partial charge on any atom is -0.478 e. The number of ether oxygens (including phenoxy) is 1. The third-order valence-corrected chi connectivity index (χ3v) is 3.40. The number of likely N-dealkylation sites (N-methyl/N-ethyl adjacent to an activating group) is 1. The minimum atomic E-state index is -1.02. The number of carbonyl (C=O) groups excluding carboxylic acids is 1. The van der Waals surface area contributed by atoms with Gasteiger partial charge in [-0.25, -0.2) is 4.79 Å². The summed E-state index contributed by atoms with van der Waals surface area (Å²) in [6.07, 6.45) is 2.56. The summed E-state index contributed by atoms with van der Waals surface area (Å²) in [5, 5.41) is 8.69. The first-order valence-corrected chi connectivity index (χ1v) is 6.65. The van der Waals surface area contributed by atoms with E-state index in [4.69, 9.17) is 9.84 Å². The van der Waals surface area contributed by atoms with Crippen molar-refractivity contribution < 1.29 is 19.4 Å². The summed E-state index contributed by atoms with van der Waals surface area (Å²) in [6, 6.07) is 5.23. The SMILES string of the molecule is COCC(C)N(C)C(=O)c1cccc(C=CC(=O)O)c1C. The molecule has 1 N–H and O–H groups in total. The number of amides is 1. The van der Waals surface area contributed by atoms with Crippen molar-refractivity contribution in [1.82, 2.24) is 4.90 Å². The average molecular weight is 291 g/mol. The van der Waals surface area contributed by atoms with Gasteiger partial charge in [-0.05, 0) is 37.1 Å². The highest BCUT2D eigenvalue weighted by Crippen LogP contribution is 2.18. The van der Waals surface area contributed by atoms with Crippen molar-refractivity contribution in [2.75, 3.05) is 20.8 Å². The van der Waals surface area contributed by atoms with Gasteiger partial charge in [0, 0.05) is 25.8 Å². The second-order valence-electron chi connectivity index (χ2n) is 4.91. The van der Waals surface area contributed by atoms with Crippen LogP contribution in [0.1, 0.15) is 28.4 Å². The van der Waals surface area contributed by atoms with Gasteiger partial charge in [0.2, 0.25) is 0 Å². The first kappa shape index (κ1) is 16.9. The molecule has 0 spiro atoms. The number of carbonyl (C=O) groups is 2. The fraction of sp³-hybridized carbons (Fsp3) is 0.375. The number of rotatable bonds is 6. The minimum absolute atomic E-state index is 0.0416. The molecular weight excluding hydrogens is 270 g/mol. The van der Waals surface area contributed by atoms with Gasteiger partial charge in [-0.15, -0.1) is 0 Å². The predicted octanol–water partition coefficient (Wildman–Crippen LogP) is 2.20. The van der Waals surface area contributed by atoms with E-state index in [0.29, 0.717) is 12.2 Å². The smallest absolute Gasteiger partial charge is 0.328 e. The standard InChI is InChI=1S/C16H21NO4/c1-11(10-21-4)17(3)16(20)14-7-5-6-13(12(14)2)8-9-15(18)19/h5-9,11H,10H2,1-4H3,(H,18,19). The predicted molar refractivity (Wildman–Crippen MR) is 81.3 cm³/mol. The van der Waals surface area contributed by atoms with Gasteiger partial charge in [0.1, 0.15) is 0 Å². The quantitative estimate of drug-likeness (QED) is 0.816. The van der Waals surface area contributed by atoms with E-state index >= 15 is 0 Å². The lowest BCUT2D eigenvalue weighted by Gasteiger charge is -2.25. The maximum Gasteiger partial charge on any atom is 0.328 e. The Morgan fingerprint density at radius 1 is 1.43 bits per heavy atom. The zero-order valence-electron chi connectivity index (χ0n) is 12.8. The Morgan fingerprint density at radius 2 is 2.10 bits per heavy atom. The van der Waals surface area contributed by atoms with Gasteiger partial charge < -0.3 is 14.7 Å². The first-order chi connectivity index (χ1) is 9.88. The zero-order valence-corrected chi connectivity index (χ0v) is 12.8. The molecule has 1 amide bonds.